The van der Waals surface area contributed by atoms with E-state index in [1.807, 2.05) is 6.07 Å². The van der Waals surface area contributed by atoms with Crippen LogP contribution in [0.1, 0.15) is 25.8 Å². The standard InChI is InChI=1S/C19H27Cl2N3O/c1-3-23(4-2)17-7-8-22-9-10-24(18(17)13-22)19(25)12-14-5-6-15(20)16(21)11-14/h5-6,11,17-18H,3-4,7-10,12-13H2,1-2H3/t17-,18-/m0/s1. The smallest absolute Gasteiger partial charge is 0.227 e. The average Bonchev–Trinajstić information content (AvgIpc) is 2.61. The molecule has 2 bridgehead atoms. The predicted octanol–water partition coefficient (Wildman–Crippen LogP) is 3.16. The number of rotatable bonds is 5. The SMILES string of the molecule is CCN(CC)[C@H]1CCN2CCN(C(=O)Cc3ccc(Cl)c(Cl)c3)[C@H]1C2. The molecule has 6 heteroatoms. The molecule has 0 radical (unpaired) electrons. The Balaban J connectivity index is 1.74. The van der Waals surface area contributed by atoms with Crippen molar-refractivity contribution in [1.82, 2.24) is 14.7 Å². The van der Waals surface area contributed by atoms with Crippen molar-refractivity contribution in [2.75, 3.05) is 39.3 Å². The Morgan fingerprint density at radius 3 is 2.60 bits per heavy atom. The first-order valence-corrected chi connectivity index (χ1v) is 9.98. The van der Waals surface area contributed by atoms with Crippen LogP contribution in [0.4, 0.5) is 0 Å². The van der Waals surface area contributed by atoms with Crippen molar-refractivity contribution in [3.63, 3.8) is 0 Å². The third kappa shape index (κ3) is 4.13. The zero-order valence-electron chi connectivity index (χ0n) is 15.0. The summed E-state index contributed by atoms with van der Waals surface area (Å²) in [6.45, 7) is 10.4. The van der Waals surface area contributed by atoms with Gasteiger partial charge in [0.15, 0.2) is 0 Å². The lowest BCUT2D eigenvalue weighted by Gasteiger charge is -2.51. The van der Waals surface area contributed by atoms with Crippen LogP contribution in [0.15, 0.2) is 18.2 Å². The van der Waals surface area contributed by atoms with Crippen LogP contribution in [0.25, 0.3) is 0 Å². The Kier molecular flexibility index (Phi) is 6.26. The molecule has 0 aromatic heterocycles. The van der Waals surface area contributed by atoms with Gasteiger partial charge in [-0.2, -0.15) is 0 Å². The van der Waals surface area contributed by atoms with Crippen LogP contribution >= 0.6 is 23.2 Å². The van der Waals surface area contributed by atoms with Crippen molar-refractivity contribution < 1.29 is 4.79 Å². The molecule has 2 aliphatic rings. The Bertz CT molecular complexity index is 621. The monoisotopic (exact) mass is 383 g/mol. The lowest BCUT2D eigenvalue weighted by atomic mass is 9.93. The van der Waals surface area contributed by atoms with Crippen molar-refractivity contribution in [2.24, 2.45) is 0 Å². The first kappa shape index (κ1) is 19.0. The third-order valence-corrected chi connectivity index (χ3v) is 6.37. The number of hydrogen-bond donors (Lipinski definition) is 0. The Hall–Kier alpha value is -0.810. The number of carbonyl (C=O) groups is 1. The molecule has 0 saturated carbocycles. The molecule has 0 N–H and O–H groups in total. The zero-order chi connectivity index (χ0) is 18.0. The quantitative estimate of drug-likeness (QED) is 0.780. The van der Waals surface area contributed by atoms with Crippen molar-refractivity contribution in [2.45, 2.75) is 38.8 Å². The maximum absolute atomic E-state index is 13.0. The van der Waals surface area contributed by atoms with E-state index < -0.39 is 0 Å². The highest BCUT2D eigenvalue weighted by molar-refractivity contribution is 6.42. The number of piperidine rings is 1. The van der Waals surface area contributed by atoms with Gasteiger partial charge in [-0.25, -0.2) is 0 Å². The molecule has 0 spiro atoms. The molecule has 4 nitrogen and oxygen atoms in total. The van der Waals surface area contributed by atoms with Crippen LogP contribution in [0, 0.1) is 0 Å². The maximum atomic E-state index is 13.0. The first-order chi connectivity index (χ1) is 12.0. The number of fused-ring (bicyclic) bond motifs is 2. The molecular formula is C19H27Cl2N3O. The number of carbonyl (C=O) groups excluding carboxylic acids is 1. The summed E-state index contributed by atoms with van der Waals surface area (Å²) < 4.78 is 0. The van der Waals surface area contributed by atoms with Crippen LogP contribution in [-0.2, 0) is 11.2 Å². The van der Waals surface area contributed by atoms with Gasteiger partial charge in [-0.3, -0.25) is 14.6 Å². The molecule has 1 aromatic carbocycles. The molecule has 2 heterocycles. The molecule has 25 heavy (non-hydrogen) atoms. The number of nitrogens with zero attached hydrogens (tertiary/aromatic N) is 3. The highest BCUT2D eigenvalue weighted by Crippen LogP contribution is 2.27. The summed E-state index contributed by atoms with van der Waals surface area (Å²) in [6.07, 6.45) is 1.53. The summed E-state index contributed by atoms with van der Waals surface area (Å²) in [4.78, 5) is 20.1. The van der Waals surface area contributed by atoms with Gasteiger partial charge in [-0.1, -0.05) is 43.1 Å². The molecule has 2 fully saturated rings. The topological polar surface area (TPSA) is 26.8 Å². The molecule has 1 amide bonds. The maximum Gasteiger partial charge on any atom is 0.227 e. The van der Waals surface area contributed by atoms with E-state index in [0.717, 1.165) is 51.3 Å². The van der Waals surface area contributed by atoms with E-state index >= 15 is 0 Å². The summed E-state index contributed by atoms with van der Waals surface area (Å²) in [5.74, 6) is 0.196. The summed E-state index contributed by atoms with van der Waals surface area (Å²) in [7, 11) is 0. The summed E-state index contributed by atoms with van der Waals surface area (Å²) in [5, 5.41) is 1.04. The Morgan fingerprint density at radius 2 is 1.92 bits per heavy atom. The molecular weight excluding hydrogens is 357 g/mol. The Morgan fingerprint density at radius 1 is 1.16 bits per heavy atom. The average molecular weight is 384 g/mol. The minimum atomic E-state index is 0.196. The minimum absolute atomic E-state index is 0.196. The summed E-state index contributed by atoms with van der Waals surface area (Å²) in [6, 6.07) is 6.22. The van der Waals surface area contributed by atoms with E-state index in [1.165, 1.54) is 0 Å². The number of halogens is 2. The summed E-state index contributed by atoms with van der Waals surface area (Å²) >= 11 is 12.1. The van der Waals surface area contributed by atoms with Gasteiger partial charge in [0, 0.05) is 25.7 Å². The van der Waals surface area contributed by atoms with Gasteiger partial charge in [-0.05, 0) is 43.8 Å². The van der Waals surface area contributed by atoms with E-state index in [2.05, 4.69) is 28.5 Å². The minimum Gasteiger partial charge on any atom is -0.335 e. The first-order valence-electron chi connectivity index (χ1n) is 9.23. The van der Waals surface area contributed by atoms with Crippen molar-refractivity contribution in [1.29, 1.82) is 0 Å². The fraction of sp³-hybridized carbons (Fsp3) is 0.632. The number of hydrogen-bond acceptors (Lipinski definition) is 3. The van der Waals surface area contributed by atoms with Gasteiger partial charge in [0.25, 0.3) is 0 Å². The third-order valence-electron chi connectivity index (χ3n) is 5.63. The van der Waals surface area contributed by atoms with Crippen LogP contribution in [-0.4, -0.2) is 72.0 Å². The number of piperazine rings is 1. The fourth-order valence-corrected chi connectivity index (χ4v) is 4.58. The van der Waals surface area contributed by atoms with Gasteiger partial charge in [0.1, 0.15) is 0 Å². The molecule has 3 rings (SSSR count). The molecule has 1 unspecified atom stereocenters. The number of amides is 1. The highest BCUT2D eigenvalue weighted by atomic mass is 35.5. The number of likely N-dealkylation sites (N-methyl/N-ethyl adjacent to an activating group) is 1. The summed E-state index contributed by atoms with van der Waals surface area (Å²) in [5.41, 5.74) is 0.928. The van der Waals surface area contributed by atoms with E-state index in [-0.39, 0.29) is 11.9 Å². The molecule has 2 saturated heterocycles. The van der Waals surface area contributed by atoms with E-state index in [4.69, 9.17) is 23.2 Å². The van der Waals surface area contributed by atoms with Crippen LogP contribution in [0.3, 0.4) is 0 Å². The van der Waals surface area contributed by atoms with Crippen LogP contribution in [0.2, 0.25) is 10.0 Å². The van der Waals surface area contributed by atoms with E-state index in [0.29, 0.717) is 22.5 Å². The van der Waals surface area contributed by atoms with Crippen molar-refractivity contribution in [3.8, 4) is 0 Å². The fourth-order valence-electron chi connectivity index (χ4n) is 4.26. The highest BCUT2D eigenvalue weighted by Gasteiger charge is 2.40. The van der Waals surface area contributed by atoms with Crippen LogP contribution in [0.5, 0.6) is 0 Å². The van der Waals surface area contributed by atoms with E-state index in [1.54, 1.807) is 12.1 Å². The lowest BCUT2D eigenvalue weighted by molar-refractivity contribution is -0.140. The van der Waals surface area contributed by atoms with Gasteiger partial charge in [0.05, 0.1) is 22.5 Å². The van der Waals surface area contributed by atoms with Gasteiger partial charge >= 0.3 is 0 Å². The Labute approximate surface area is 160 Å². The second kappa shape index (κ2) is 8.26. The molecule has 0 aliphatic carbocycles. The lowest BCUT2D eigenvalue weighted by Crippen LogP contribution is -2.66. The molecule has 3 atom stereocenters. The predicted molar refractivity (Wildman–Crippen MR) is 103 cm³/mol. The molecule has 2 aliphatic heterocycles. The van der Waals surface area contributed by atoms with E-state index in [9.17, 15) is 4.79 Å². The second-order valence-corrected chi connectivity index (χ2v) is 7.77. The van der Waals surface area contributed by atoms with Crippen molar-refractivity contribution >= 4 is 29.1 Å². The normalized spacial score (nSPS) is 26.1. The zero-order valence-corrected chi connectivity index (χ0v) is 16.6. The molecule has 138 valence electrons. The van der Waals surface area contributed by atoms with Gasteiger partial charge in [0.2, 0.25) is 5.91 Å². The molecule has 1 aromatic rings. The van der Waals surface area contributed by atoms with Gasteiger partial charge < -0.3 is 4.90 Å². The largest absolute Gasteiger partial charge is 0.335 e. The van der Waals surface area contributed by atoms with Crippen LogP contribution < -0.4 is 0 Å². The van der Waals surface area contributed by atoms with Gasteiger partial charge in [-0.15, -0.1) is 0 Å². The number of benzene rings is 1. The van der Waals surface area contributed by atoms with Crippen molar-refractivity contribution in [3.05, 3.63) is 33.8 Å². The second-order valence-electron chi connectivity index (χ2n) is 6.96.